The summed E-state index contributed by atoms with van der Waals surface area (Å²) in [5.74, 6) is 0.440. The first-order chi connectivity index (χ1) is 7.25. The van der Waals surface area contributed by atoms with Gasteiger partial charge in [-0.05, 0) is 30.5 Å². The number of carbonyl (C=O) groups excluding carboxylic acids is 1. The number of rotatable bonds is 3. The van der Waals surface area contributed by atoms with Crippen molar-refractivity contribution in [3.8, 4) is 0 Å². The van der Waals surface area contributed by atoms with E-state index in [1.807, 2.05) is 24.3 Å². The Morgan fingerprint density at radius 2 is 2.27 bits per heavy atom. The van der Waals surface area contributed by atoms with Crippen LogP contribution in [0.5, 0.6) is 0 Å². The van der Waals surface area contributed by atoms with Crippen molar-refractivity contribution in [2.75, 3.05) is 5.73 Å². The summed E-state index contributed by atoms with van der Waals surface area (Å²) in [5.41, 5.74) is 7.45. The molecule has 3 nitrogen and oxygen atoms in total. The second-order valence-electron chi connectivity index (χ2n) is 4.09. The van der Waals surface area contributed by atoms with Crippen molar-refractivity contribution >= 4 is 11.6 Å². The molecule has 0 atom stereocenters. The Morgan fingerprint density at radius 1 is 1.47 bits per heavy atom. The normalized spacial score (nSPS) is 15.7. The van der Waals surface area contributed by atoms with Gasteiger partial charge in [0.2, 0.25) is 5.91 Å². The molecule has 80 valence electrons. The van der Waals surface area contributed by atoms with Gasteiger partial charge in [-0.25, -0.2) is 0 Å². The maximum atomic E-state index is 11.5. The lowest BCUT2D eigenvalue weighted by molar-refractivity contribution is -0.127. The van der Waals surface area contributed by atoms with Crippen molar-refractivity contribution in [1.29, 1.82) is 0 Å². The second kappa shape index (κ2) is 4.34. The van der Waals surface area contributed by atoms with Crippen LogP contribution >= 0.6 is 0 Å². The van der Waals surface area contributed by atoms with Gasteiger partial charge in [-0.15, -0.1) is 0 Å². The van der Waals surface area contributed by atoms with Crippen LogP contribution in [-0.4, -0.2) is 5.91 Å². The van der Waals surface area contributed by atoms with Crippen LogP contribution in [-0.2, 0) is 11.3 Å². The first kappa shape index (κ1) is 10.0. The maximum absolute atomic E-state index is 11.5. The predicted molar refractivity (Wildman–Crippen MR) is 60.0 cm³/mol. The van der Waals surface area contributed by atoms with Crippen LogP contribution in [0.2, 0.25) is 0 Å². The van der Waals surface area contributed by atoms with E-state index in [-0.39, 0.29) is 11.8 Å². The van der Waals surface area contributed by atoms with Gasteiger partial charge in [0.1, 0.15) is 0 Å². The summed E-state index contributed by atoms with van der Waals surface area (Å²) >= 11 is 0. The number of carbonyl (C=O) groups is 1. The van der Waals surface area contributed by atoms with Gasteiger partial charge in [0.05, 0.1) is 0 Å². The Balaban J connectivity index is 1.84. The molecular formula is C12H16N2O. The highest BCUT2D eigenvalue weighted by atomic mass is 16.1. The summed E-state index contributed by atoms with van der Waals surface area (Å²) in [6.07, 6.45) is 3.28. The van der Waals surface area contributed by atoms with Crippen molar-refractivity contribution in [2.45, 2.75) is 25.8 Å². The minimum Gasteiger partial charge on any atom is -0.399 e. The van der Waals surface area contributed by atoms with E-state index in [9.17, 15) is 4.79 Å². The van der Waals surface area contributed by atoms with Gasteiger partial charge >= 0.3 is 0 Å². The van der Waals surface area contributed by atoms with E-state index < -0.39 is 0 Å². The fraction of sp³-hybridized carbons (Fsp3) is 0.417. The van der Waals surface area contributed by atoms with Gasteiger partial charge in [0.25, 0.3) is 0 Å². The molecule has 1 fully saturated rings. The van der Waals surface area contributed by atoms with Crippen LogP contribution in [0.4, 0.5) is 5.69 Å². The van der Waals surface area contributed by atoms with Crippen LogP contribution in [0.1, 0.15) is 24.8 Å². The average Bonchev–Trinajstić information content (AvgIpc) is 2.12. The number of benzene rings is 1. The Labute approximate surface area is 89.7 Å². The van der Waals surface area contributed by atoms with Crippen molar-refractivity contribution in [3.63, 3.8) is 0 Å². The summed E-state index contributed by atoms with van der Waals surface area (Å²) in [6.45, 7) is 0.584. The summed E-state index contributed by atoms with van der Waals surface area (Å²) in [5, 5.41) is 2.93. The highest BCUT2D eigenvalue weighted by Crippen LogP contribution is 2.26. The Bertz CT molecular complexity index is 358. The van der Waals surface area contributed by atoms with E-state index in [1.54, 1.807) is 0 Å². The molecule has 1 saturated carbocycles. The largest absolute Gasteiger partial charge is 0.399 e. The van der Waals surface area contributed by atoms with Crippen molar-refractivity contribution in [2.24, 2.45) is 5.92 Å². The van der Waals surface area contributed by atoms with E-state index >= 15 is 0 Å². The molecule has 3 N–H and O–H groups in total. The average molecular weight is 204 g/mol. The van der Waals surface area contributed by atoms with Crippen molar-refractivity contribution < 1.29 is 4.79 Å². The first-order valence-corrected chi connectivity index (χ1v) is 5.38. The number of hydrogen-bond acceptors (Lipinski definition) is 2. The number of amides is 1. The molecule has 0 heterocycles. The number of nitrogens with two attached hydrogens (primary N) is 1. The van der Waals surface area contributed by atoms with Crippen LogP contribution < -0.4 is 11.1 Å². The zero-order chi connectivity index (χ0) is 10.7. The molecule has 2 rings (SSSR count). The Hall–Kier alpha value is -1.51. The van der Waals surface area contributed by atoms with Gasteiger partial charge in [-0.2, -0.15) is 0 Å². The van der Waals surface area contributed by atoms with Crippen LogP contribution in [0, 0.1) is 5.92 Å². The maximum Gasteiger partial charge on any atom is 0.223 e. The fourth-order valence-corrected chi connectivity index (χ4v) is 1.71. The summed E-state index contributed by atoms with van der Waals surface area (Å²) < 4.78 is 0. The highest BCUT2D eigenvalue weighted by molar-refractivity contribution is 5.79. The minimum absolute atomic E-state index is 0.184. The highest BCUT2D eigenvalue weighted by Gasteiger charge is 2.24. The molecule has 1 aromatic rings. The zero-order valence-electron chi connectivity index (χ0n) is 8.70. The van der Waals surface area contributed by atoms with Crippen molar-refractivity contribution in [3.05, 3.63) is 29.8 Å². The van der Waals surface area contributed by atoms with E-state index in [4.69, 9.17) is 5.73 Å². The van der Waals surface area contributed by atoms with Crippen molar-refractivity contribution in [1.82, 2.24) is 5.32 Å². The third kappa shape index (κ3) is 2.49. The van der Waals surface area contributed by atoms with Crippen LogP contribution in [0.3, 0.4) is 0 Å². The van der Waals surface area contributed by atoms with E-state index in [1.165, 1.54) is 6.42 Å². The Morgan fingerprint density at radius 3 is 2.87 bits per heavy atom. The number of nitrogen functional groups attached to an aromatic ring is 1. The molecule has 0 spiro atoms. The molecule has 0 saturated heterocycles. The molecule has 0 radical (unpaired) electrons. The monoisotopic (exact) mass is 204 g/mol. The summed E-state index contributed by atoms with van der Waals surface area (Å²) in [6, 6.07) is 7.61. The first-order valence-electron chi connectivity index (χ1n) is 5.38. The van der Waals surface area contributed by atoms with Crippen LogP contribution in [0.15, 0.2) is 24.3 Å². The smallest absolute Gasteiger partial charge is 0.223 e. The van der Waals surface area contributed by atoms with Gasteiger partial charge < -0.3 is 11.1 Å². The van der Waals surface area contributed by atoms with E-state index in [0.717, 1.165) is 24.1 Å². The lowest BCUT2D eigenvalue weighted by Crippen LogP contribution is -2.33. The molecule has 15 heavy (non-hydrogen) atoms. The van der Waals surface area contributed by atoms with Crippen LogP contribution in [0.25, 0.3) is 0 Å². The number of anilines is 1. The molecule has 1 aliphatic rings. The molecule has 1 aromatic carbocycles. The topological polar surface area (TPSA) is 55.1 Å². The zero-order valence-corrected chi connectivity index (χ0v) is 8.70. The SMILES string of the molecule is Nc1cccc(CNC(=O)C2CCC2)c1. The van der Waals surface area contributed by atoms with Gasteiger partial charge in [-0.1, -0.05) is 18.6 Å². The fourth-order valence-electron chi connectivity index (χ4n) is 1.71. The molecule has 1 aliphatic carbocycles. The number of nitrogens with one attached hydrogen (secondary N) is 1. The third-order valence-corrected chi connectivity index (χ3v) is 2.89. The quantitative estimate of drug-likeness (QED) is 0.736. The molecule has 1 amide bonds. The molecule has 0 unspecified atom stereocenters. The molecular weight excluding hydrogens is 188 g/mol. The third-order valence-electron chi connectivity index (χ3n) is 2.89. The minimum atomic E-state index is 0.184. The van der Waals surface area contributed by atoms with E-state index in [2.05, 4.69) is 5.32 Å². The lowest BCUT2D eigenvalue weighted by atomic mass is 9.85. The molecule has 3 heteroatoms. The second-order valence-corrected chi connectivity index (χ2v) is 4.09. The summed E-state index contributed by atoms with van der Waals surface area (Å²) in [4.78, 5) is 11.5. The number of hydrogen-bond donors (Lipinski definition) is 2. The standard InChI is InChI=1S/C12H16N2O/c13-11-6-1-3-9(7-11)8-14-12(15)10-4-2-5-10/h1,3,6-7,10H,2,4-5,8,13H2,(H,14,15). The molecule has 0 bridgehead atoms. The van der Waals surface area contributed by atoms with Gasteiger partial charge in [-0.3, -0.25) is 4.79 Å². The molecule has 0 aliphatic heterocycles. The van der Waals surface area contributed by atoms with Gasteiger partial charge in [0, 0.05) is 18.2 Å². The summed E-state index contributed by atoms with van der Waals surface area (Å²) in [7, 11) is 0. The van der Waals surface area contributed by atoms with Gasteiger partial charge in [0.15, 0.2) is 0 Å². The van der Waals surface area contributed by atoms with E-state index in [0.29, 0.717) is 6.54 Å². The Kier molecular flexibility index (Phi) is 2.90. The lowest BCUT2D eigenvalue weighted by Gasteiger charge is -2.24. The predicted octanol–water partition coefficient (Wildman–Crippen LogP) is 1.69. The molecule has 0 aromatic heterocycles.